The van der Waals surface area contributed by atoms with Gasteiger partial charge in [-0.15, -0.1) is 0 Å². The molecular formula is C20H21N3O3. The molecule has 1 heterocycles. The van der Waals surface area contributed by atoms with Crippen LogP contribution in [0, 0.1) is 0 Å². The van der Waals surface area contributed by atoms with Crippen molar-refractivity contribution in [1.29, 1.82) is 0 Å². The second kappa shape index (κ2) is 9.36. The predicted octanol–water partition coefficient (Wildman–Crippen LogP) is 3.25. The zero-order valence-electron chi connectivity index (χ0n) is 14.4. The summed E-state index contributed by atoms with van der Waals surface area (Å²) in [7, 11) is 0. The second-order valence-electron chi connectivity index (χ2n) is 5.74. The Balaban J connectivity index is 1.32. The van der Waals surface area contributed by atoms with E-state index >= 15 is 0 Å². The van der Waals surface area contributed by atoms with E-state index < -0.39 is 0 Å². The fourth-order valence-electron chi connectivity index (χ4n) is 2.40. The van der Waals surface area contributed by atoms with Gasteiger partial charge in [-0.1, -0.05) is 53.7 Å². The Morgan fingerprint density at radius 3 is 2.54 bits per heavy atom. The molecule has 0 aliphatic carbocycles. The Morgan fingerprint density at radius 1 is 1.04 bits per heavy atom. The molecule has 0 saturated carbocycles. The van der Waals surface area contributed by atoms with Crippen molar-refractivity contribution in [2.24, 2.45) is 0 Å². The summed E-state index contributed by atoms with van der Waals surface area (Å²) in [6, 6.07) is 19.2. The van der Waals surface area contributed by atoms with E-state index in [1.807, 2.05) is 60.7 Å². The number of para-hydroxylation sites is 1. The average Bonchev–Trinajstić information content (AvgIpc) is 3.16. The standard InChI is InChI=1S/C20H21N3O3/c24-18(12-7-15-25-17-10-5-2-6-11-17)21-14-13-19-22-20(23-26-19)16-8-3-1-4-9-16/h1-6,8-11H,7,12-15H2,(H,21,24). The topological polar surface area (TPSA) is 77.2 Å². The summed E-state index contributed by atoms with van der Waals surface area (Å²) in [5, 5.41) is 6.81. The van der Waals surface area contributed by atoms with Crippen molar-refractivity contribution in [2.45, 2.75) is 19.3 Å². The van der Waals surface area contributed by atoms with Crippen LogP contribution in [0.3, 0.4) is 0 Å². The van der Waals surface area contributed by atoms with Gasteiger partial charge in [-0.2, -0.15) is 4.98 Å². The minimum atomic E-state index is -0.00976. The maximum atomic E-state index is 11.8. The lowest BCUT2D eigenvalue weighted by Gasteiger charge is -2.06. The molecule has 0 aliphatic heterocycles. The number of carbonyl (C=O) groups excluding carboxylic acids is 1. The molecule has 0 saturated heterocycles. The van der Waals surface area contributed by atoms with E-state index in [-0.39, 0.29) is 5.91 Å². The molecule has 6 nitrogen and oxygen atoms in total. The number of aromatic nitrogens is 2. The van der Waals surface area contributed by atoms with E-state index in [2.05, 4.69) is 15.5 Å². The van der Waals surface area contributed by atoms with Crippen LogP contribution in [0.4, 0.5) is 0 Å². The highest BCUT2D eigenvalue weighted by Gasteiger charge is 2.08. The molecule has 0 aliphatic rings. The first kappa shape index (κ1) is 17.7. The number of rotatable bonds is 9. The van der Waals surface area contributed by atoms with E-state index in [0.717, 1.165) is 11.3 Å². The molecule has 3 aromatic rings. The first-order valence-corrected chi connectivity index (χ1v) is 8.64. The van der Waals surface area contributed by atoms with Crippen LogP contribution in [0.2, 0.25) is 0 Å². The molecule has 0 radical (unpaired) electrons. The lowest BCUT2D eigenvalue weighted by atomic mass is 10.2. The molecule has 1 aromatic heterocycles. The van der Waals surface area contributed by atoms with Crippen molar-refractivity contribution >= 4 is 5.91 Å². The van der Waals surface area contributed by atoms with Gasteiger partial charge in [0.15, 0.2) is 0 Å². The normalized spacial score (nSPS) is 10.5. The van der Waals surface area contributed by atoms with Gasteiger partial charge in [-0.05, 0) is 18.6 Å². The maximum Gasteiger partial charge on any atom is 0.228 e. The van der Waals surface area contributed by atoms with Crippen LogP contribution >= 0.6 is 0 Å². The third-order valence-electron chi connectivity index (χ3n) is 3.72. The zero-order chi connectivity index (χ0) is 18.0. The average molecular weight is 351 g/mol. The van der Waals surface area contributed by atoms with Crippen LogP contribution in [-0.4, -0.2) is 29.2 Å². The molecule has 6 heteroatoms. The van der Waals surface area contributed by atoms with E-state index in [1.54, 1.807) is 0 Å². The van der Waals surface area contributed by atoms with Gasteiger partial charge >= 0.3 is 0 Å². The summed E-state index contributed by atoms with van der Waals surface area (Å²) in [6.07, 6.45) is 1.59. The Labute approximate surface area is 152 Å². The van der Waals surface area contributed by atoms with E-state index in [0.29, 0.717) is 44.1 Å². The van der Waals surface area contributed by atoms with Gasteiger partial charge < -0.3 is 14.6 Å². The van der Waals surface area contributed by atoms with Gasteiger partial charge in [0.2, 0.25) is 17.6 Å². The number of nitrogens with one attached hydrogen (secondary N) is 1. The lowest BCUT2D eigenvalue weighted by molar-refractivity contribution is -0.121. The van der Waals surface area contributed by atoms with Gasteiger partial charge in [0.05, 0.1) is 6.61 Å². The highest BCUT2D eigenvalue weighted by atomic mass is 16.5. The van der Waals surface area contributed by atoms with Gasteiger partial charge in [-0.3, -0.25) is 4.79 Å². The van der Waals surface area contributed by atoms with E-state index in [1.165, 1.54) is 0 Å². The Kier molecular flexibility index (Phi) is 6.36. The molecule has 0 atom stereocenters. The summed E-state index contributed by atoms with van der Waals surface area (Å²) < 4.78 is 10.8. The first-order valence-electron chi connectivity index (χ1n) is 8.64. The summed E-state index contributed by atoms with van der Waals surface area (Å²) >= 11 is 0. The number of ether oxygens (including phenoxy) is 1. The lowest BCUT2D eigenvalue weighted by Crippen LogP contribution is -2.25. The van der Waals surface area contributed by atoms with Crippen molar-refractivity contribution in [3.8, 4) is 17.1 Å². The molecule has 0 spiro atoms. The van der Waals surface area contributed by atoms with Crippen LogP contribution in [0.1, 0.15) is 18.7 Å². The minimum Gasteiger partial charge on any atom is -0.494 e. The van der Waals surface area contributed by atoms with Crippen molar-refractivity contribution < 1.29 is 14.1 Å². The Morgan fingerprint density at radius 2 is 1.77 bits per heavy atom. The number of hydrogen-bond acceptors (Lipinski definition) is 5. The highest BCUT2D eigenvalue weighted by Crippen LogP contribution is 2.14. The molecular weight excluding hydrogens is 330 g/mol. The molecule has 2 aromatic carbocycles. The van der Waals surface area contributed by atoms with Crippen molar-refractivity contribution in [3.63, 3.8) is 0 Å². The molecule has 26 heavy (non-hydrogen) atoms. The number of nitrogens with zero attached hydrogens (tertiary/aromatic N) is 2. The maximum absolute atomic E-state index is 11.8. The Hall–Kier alpha value is -3.15. The van der Waals surface area contributed by atoms with E-state index in [9.17, 15) is 4.79 Å². The molecule has 1 N–H and O–H groups in total. The third kappa shape index (κ3) is 5.44. The smallest absolute Gasteiger partial charge is 0.228 e. The number of amides is 1. The summed E-state index contributed by atoms with van der Waals surface area (Å²) in [5.41, 5.74) is 0.907. The SMILES string of the molecule is O=C(CCCOc1ccccc1)NCCc1nc(-c2ccccc2)no1. The summed E-state index contributed by atoms with van der Waals surface area (Å²) in [5.74, 6) is 1.88. The van der Waals surface area contributed by atoms with Gasteiger partial charge in [-0.25, -0.2) is 0 Å². The van der Waals surface area contributed by atoms with Crippen molar-refractivity contribution in [3.05, 3.63) is 66.6 Å². The molecule has 1 amide bonds. The van der Waals surface area contributed by atoms with Crippen molar-refractivity contribution in [2.75, 3.05) is 13.2 Å². The molecule has 3 rings (SSSR count). The number of benzene rings is 2. The monoisotopic (exact) mass is 351 g/mol. The largest absolute Gasteiger partial charge is 0.494 e. The predicted molar refractivity (Wildman–Crippen MR) is 97.6 cm³/mol. The number of hydrogen-bond donors (Lipinski definition) is 1. The van der Waals surface area contributed by atoms with Crippen LogP contribution in [0.5, 0.6) is 5.75 Å². The Bertz CT molecular complexity index is 803. The molecule has 0 fully saturated rings. The summed E-state index contributed by atoms with van der Waals surface area (Å²) in [4.78, 5) is 16.2. The second-order valence-corrected chi connectivity index (χ2v) is 5.74. The zero-order valence-corrected chi connectivity index (χ0v) is 14.4. The molecule has 0 unspecified atom stereocenters. The first-order chi connectivity index (χ1) is 12.8. The van der Waals surface area contributed by atoms with Gasteiger partial charge in [0.25, 0.3) is 0 Å². The van der Waals surface area contributed by atoms with Crippen molar-refractivity contribution in [1.82, 2.24) is 15.5 Å². The summed E-state index contributed by atoms with van der Waals surface area (Å²) in [6.45, 7) is 0.982. The quantitative estimate of drug-likeness (QED) is 0.599. The fourth-order valence-corrected chi connectivity index (χ4v) is 2.40. The fraction of sp³-hybridized carbons (Fsp3) is 0.250. The molecule has 134 valence electrons. The van der Waals surface area contributed by atoms with E-state index in [4.69, 9.17) is 9.26 Å². The van der Waals surface area contributed by atoms with Gasteiger partial charge in [0.1, 0.15) is 5.75 Å². The van der Waals surface area contributed by atoms with Crippen LogP contribution in [-0.2, 0) is 11.2 Å². The molecule has 0 bridgehead atoms. The van der Waals surface area contributed by atoms with Crippen LogP contribution < -0.4 is 10.1 Å². The number of carbonyl (C=O) groups is 1. The van der Waals surface area contributed by atoms with Crippen LogP contribution in [0.15, 0.2) is 65.2 Å². The van der Waals surface area contributed by atoms with Crippen LogP contribution in [0.25, 0.3) is 11.4 Å². The van der Waals surface area contributed by atoms with Gasteiger partial charge in [0, 0.05) is 24.9 Å². The third-order valence-corrected chi connectivity index (χ3v) is 3.72. The highest BCUT2D eigenvalue weighted by molar-refractivity contribution is 5.75. The minimum absolute atomic E-state index is 0.00976.